The first kappa shape index (κ1) is 16.8. The van der Waals surface area contributed by atoms with Gasteiger partial charge in [-0.1, -0.05) is 12.1 Å². The maximum atomic E-state index is 12.1. The van der Waals surface area contributed by atoms with Crippen LogP contribution in [-0.2, 0) is 17.9 Å². The van der Waals surface area contributed by atoms with Gasteiger partial charge in [-0.2, -0.15) is 9.78 Å². The summed E-state index contributed by atoms with van der Waals surface area (Å²) in [6, 6.07) is 8.63. The molecule has 128 valence electrons. The fourth-order valence-electron chi connectivity index (χ4n) is 2.24. The van der Waals surface area contributed by atoms with Gasteiger partial charge in [0.25, 0.3) is 0 Å². The van der Waals surface area contributed by atoms with Crippen LogP contribution in [0.15, 0.2) is 53.4 Å². The number of nitrogens with zero attached hydrogens (tertiary/aromatic N) is 5. The van der Waals surface area contributed by atoms with E-state index in [1.54, 1.807) is 16.9 Å². The number of nitrogens with one attached hydrogen (secondary N) is 1. The summed E-state index contributed by atoms with van der Waals surface area (Å²) in [6.45, 7) is 0.463. The smallest absolute Gasteiger partial charge is 0.358 e. The maximum absolute atomic E-state index is 12.1. The van der Waals surface area contributed by atoms with E-state index in [2.05, 4.69) is 31.4 Å². The number of rotatable bonds is 6. The lowest BCUT2D eigenvalue weighted by Crippen LogP contribution is -2.19. The normalized spacial score (nSPS) is 10.6. The van der Waals surface area contributed by atoms with E-state index in [-0.39, 0.29) is 18.3 Å². The lowest BCUT2D eigenvalue weighted by Gasteiger charge is -2.07. The third-order valence-electron chi connectivity index (χ3n) is 3.28. The van der Waals surface area contributed by atoms with Crippen LogP contribution in [-0.4, -0.2) is 30.4 Å². The van der Waals surface area contributed by atoms with Gasteiger partial charge in [-0.05, 0) is 38.5 Å². The Morgan fingerprint density at radius 2 is 2.16 bits per heavy atom. The first-order valence-corrected chi connectivity index (χ1v) is 8.03. The van der Waals surface area contributed by atoms with Crippen molar-refractivity contribution in [1.82, 2.24) is 19.6 Å². The van der Waals surface area contributed by atoms with Crippen LogP contribution < -0.4 is 5.32 Å². The van der Waals surface area contributed by atoms with Gasteiger partial charge in [-0.15, -0.1) is 0 Å². The highest BCUT2D eigenvalue weighted by atomic mass is 79.9. The van der Waals surface area contributed by atoms with Crippen molar-refractivity contribution in [2.45, 2.75) is 13.1 Å². The average Bonchev–Trinajstić information content (AvgIpc) is 3.17. The molecule has 0 radical (unpaired) electrons. The van der Waals surface area contributed by atoms with Crippen molar-refractivity contribution in [3.8, 4) is 0 Å². The molecule has 0 spiro atoms. The van der Waals surface area contributed by atoms with E-state index in [4.69, 9.17) is 0 Å². The van der Waals surface area contributed by atoms with E-state index in [0.717, 1.165) is 10.0 Å². The third kappa shape index (κ3) is 4.51. The van der Waals surface area contributed by atoms with Crippen molar-refractivity contribution in [1.29, 1.82) is 0 Å². The second-order valence-electron chi connectivity index (χ2n) is 5.23. The van der Waals surface area contributed by atoms with Crippen molar-refractivity contribution in [3.05, 3.63) is 69.1 Å². The molecule has 25 heavy (non-hydrogen) atoms. The SMILES string of the molecule is O=C(Cn1ccc([N+](=O)[O-])n1)Nc1cccc(Cn2cc(Br)cn2)c1. The number of nitro groups is 1. The first-order valence-electron chi connectivity index (χ1n) is 7.24. The number of aromatic nitrogens is 4. The van der Waals surface area contributed by atoms with Crippen LogP contribution in [0, 0.1) is 10.1 Å². The summed E-state index contributed by atoms with van der Waals surface area (Å²) in [5, 5.41) is 21.2. The quantitative estimate of drug-likeness (QED) is 0.501. The summed E-state index contributed by atoms with van der Waals surface area (Å²) in [7, 11) is 0. The Morgan fingerprint density at radius 1 is 1.32 bits per heavy atom. The van der Waals surface area contributed by atoms with Crippen molar-refractivity contribution in [3.63, 3.8) is 0 Å². The molecule has 1 N–H and O–H groups in total. The van der Waals surface area contributed by atoms with Gasteiger partial charge < -0.3 is 15.4 Å². The minimum absolute atomic E-state index is 0.107. The van der Waals surface area contributed by atoms with Crippen LogP contribution >= 0.6 is 15.9 Å². The van der Waals surface area contributed by atoms with Gasteiger partial charge in [-0.3, -0.25) is 9.48 Å². The van der Waals surface area contributed by atoms with Crippen LogP contribution in [0.25, 0.3) is 0 Å². The van der Waals surface area contributed by atoms with Crippen LogP contribution in [0.4, 0.5) is 11.5 Å². The van der Waals surface area contributed by atoms with Crippen molar-refractivity contribution in [2.24, 2.45) is 0 Å². The zero-order valence-electron chi connectivity index (χ0n) is 12.9. The lowest BCUT2D eigenvalue weighted by atomic mass is 10.2. The standard InChI is InChI=1S/C15H13BrN6O3/c16-12-7-17-21(9-12)8-11-2-1-3-13(6-11)18-15(23)10-20-5-4-14(19-20)22(24)25/h1-7,9H,8,10H2,(H,18,23). The van der Waals surface area contributed by atoms with Crippen LogP contribution in [0.3, 0.4) is 0 Å². The molecule has 2 aromatic heterocycles. The molecule has 0 aliphatic carbocycles. The fourth-order valence-corrected chi connectivity index (χ4v) is 2.57. The van der Waals surface area contributed by atoms with E-state index in [9.17, 15) is 14.9 Å². The fraction of sp³-hybridized carbons (Fsp3) is 0.133. The van der Waals surface area contributed by atoms with Gasteiger partial charge in [-0.25, -0.2) is 0 Å². The highest BCUT2D eigenvalue weighted by Crippen LogP contribution is 2.14. The van der Waals surface area contributed by atoms with Gasteiger partial charge >= 0.3 is 5.82 Å². The predicted molar refractivity (Wildman–Crippen MR) is 93.0 cm³/mol. The molecule has 0 aliphatic heterocycles. The van der Waals surface area contributed by atoms with Gasteiger partial charge in [0.1, 0.15) is 6.54 Å². The molecule has 1 amide bonds. The molecule has 0 fully saturated rings. The molecular formula is C15H13BrN6O3. The molecule has 0 aliphatic rings. The number of halogens is 1. The zero-order chi connectivity index (χ0) is 17.8. The molecule has 3 rings (SSSR count). The van der Waals surface area contributed by atoms with E-state index >= 15 is 0 Å². The molecule has 2 heterocycles. The minimum Gasteiger partial charge on any atom is -0.358 e. The van der Waals surface area contributed by atoms with Crippen molar-refractivity contribution < 1.29 is 9.72 Å². The summed E-state index contributed by atoms with van der Waals surface area (Å²) >= 11 is 3.34. The van der Waals surface area contributed by atoms with Crippen molar-refractivity contribution >= 4 is 33.3 Å². The largest absolute Gasteiger partial charge is 0.389 e. The highest BCUT2D eigenvalue weighted by Gasteiger charge is 2.13. The van der Waals surface area contributed by atoms with Gasteiger partial charge in [0.05, 0.1) is 34.6 Å². The molecule has 0 bridgehead atoms. The van der Waals surface area contributed by atoms with Crippen LogP contribution in [0.5, 0.6) is 0 Å². The van der Waals surface area contributed by atoms with E-state index in [0.29, 0.717) is 12.2 Å². The first-order chi connectivity index (χ1) is 12.0. The molecule has 0 saturated carbocycles. The molecule has 10 heteroatoms. The van der Waals surface area contributed by atoms with Gasteiger partial charge in [0, 0.05) is 11.9 Å². The van der Waals surface area contributed by atoms with E-state index in [1.165, 1.54) is 16.9 Å². The van der Waals surface area contributed by atoms with E-state index < -0.39 is 4.92 Å². The number of amides is 1. The number of anilines is 1. The Kier molecular flexibility index (Phi) is 4.89. The molecular weight excluding hydrogens is 392 g/mol. The monoisotopic (exact) mass is 404 g/mol. The minimum atomic E-state index is -0.606. The number of carbonyl (C=O) groups excluding carboxylic acids is 1. The highest BCUT2D eigenvalue weighted by molar-refractivity contribution is 9.10. The summed E-state index contributed by atoms with van der Waals surface area (Å²) in [5.74, 6) is -0.614. The summed E-state index contributed by atoms with van der Waals surface area (Å²) in [5.41, 5.74) is 1.61. The Bertz CT molecular complexity index is 919. The maximum Gasteiger partial charge on any atom is 0.389 e. The van der Waals surface area contributed by atoms with E-state index in [1.807, 2.05) is 24.4 Å². The zero-order valence-corrected chi connectivity index (χ0v) is 14.5. The number of benzene rings is 1. The Morgan fingerprint density at radius 3 is 2.84 bits per heavy atom. The Hall–Kier alpha value is -3.01. The van der Waals surface area contributed by atoms with Crippen molar-refractivity contribution in [2.75, 3.05) is 5.32 Å². The Labute approximate surface area is 150 Å². The Balaban J connectivity index is 1.62. The number of hydrogen-bond donors (Lipinski definition) is 1. The molecule has 0 atom stereocenters. The second-order valence-corrected chi connectivity index (χ2v) is 6.15. The predicted octanol–water partition coefficient (Wildman–Crippen LogP) is 2.44. The van der Waals surface area contributed by atoms with Gasteiger partial charge in [0.2, 0.25) is 5.91 Å². The molecule has 1 aromatic carbocycles. The lowest BCUT2D eigenvalue weighted by molar-refractivity contribution is -0.389. The third-order valence-corrected chi connectivity index (χ3v) is 3.69. The van der Waals surface area contributed by atoms with Crippen LogP contribution in [0.1, 0.15) is 5.56 Å². The summed E-state index contributed by atoms with van der Waals surface area (Å²) in [4.78, 5) is 22.1. The summed E-state index contributed by atoms with van der Waals surface area (Å²) in [6.07, 6.45) is 4.95. The number of hydrogen-bond acceptors (Lipinski definition) is 5. The molecule has 3 aromatic rings. The topological polar surface area (TPSA) is 108 Å². The number of carbonyl (C=O) groups is 1. The molecule has 9 nitrogen and oxygen atoms in total. The average molecular weight is 405 g/mol. The molecule has 0 saturated heterocycles. The molecule has 0 unspecified atom stereocenters. The van der Waals surface area contributed by atoms with Crippen LogP contribution in [0.2, 0.25) is 0 Å². The summed E-state index contributed by atoms with van der Waals surface area (Å²) < 4.78 is 3.89. The second kappa shape index (κ2) is 7.26. The van der Waals surface area contributed by atoms with Gasteiger partial charge in [0.15, 0.2) is 0 Å².